The molecule has 0 aromatic heterocycles. The van der Waals surface area contributed by atoms with Crippen LogP contribution in [0.3, 0.4) is 0 Å². The molecule has 1 aromatic carbocycles. The number of nitrogens with zero attached hydrogens (tertiary/aromatic N) is 2. The highest BCUT2D eigenvalue weighted by Gasteiger charge is 2.33. The van der Waals surface area contributed by atoms with Crippen LogP contribution in [-0.2, 0) is 11.3 Å². The molecule has 3 aliphatic rings. The summed E-state index contributed by atoms with van der Waals surface area (Å²) >= 11 is 0. The third kappa shape index (κ3) is 4.88. The molecular formula is C22H32FN3O. The molecule has 1 saturated carbocycles. The van der Waals surface area contributed by atoms with Gasteiger partial charge in [0.25, 0.3) is 0 Å². The van der Waals surface area contributed by atoms with Crippen molar-refractivity contribution >= 4 is 5.91 Å². The number of carbonyl (C=O) groups is 1. The van der Waals surface area contributed by atoms with Gasteiger partial charge in [0.1, 0.15) is 5.82 Å². The van der Waals surface area contributed by atoms with Crippen molar-refractivity contribution in [3.63, 3.8) is 0 Å². The number of hydrogen-bond acceptors (Lipinski definition) is 3. The summed E-state index contributed by atoms with van der Waals surface area (Å²) in [5.74, 6) is 0.341. The summed E-state index contributed by atoms with van der Waals surface area (Å²) in [6, 6.07) is 6.52. The van der Waals surface area contributed by atoms with Crippen molar-refractivity contribution in [2.75, 3.05) is 26.2 Å². The van der Waals surface area contributed by atoms with Crippen LogP contribution in [0.4, 0.5) is 4.39 Å². The predicted molar refractivity (Wildman–Crippen MR) is 105 cm³/mol. The summed E-state index contributed by atoms with van der Waals surface area (Å²) in [6.07, 6.45) is 6.83. The molecule has 1 atom stereocenters. The molecule has 1 amide bonds. The van der Waals surface area contributed by atoms with Crippen molar-refractivity contribution in [3.8, 4) is 0 Å². The number of amides is 1. The first kappa shape index (κ1) is 18.9. The van der Waals surface area contributed by atoms with Crippen LogP contribution in [0.15, 0.2) is 18.2 Å². The third-order valence-electron chi connectivity index (χ3n) is 6.45. The number of carbonyl (C=O) groups excluding carboxylic acids is 1. The Balaban J connectivity index is 1.25. The second kappa shape index (κ2) is 8.27. The minimum atomic E-state index is -0.122. The molecule has 1 N–H and O–H groups in total. The lowest BCUT2D eigenvalue weighted by Gasteiger charge is -2.42. The number of hydrogen-bond donors (Lipinski definition) is 1. The summed E-state index contributed by atoms with van der Waals surface area (Å²) < 4.78 is 13.4. The fourth-order valence-corrected chi connectivity index (χ4v) is 4.60. The molecule has 0 bridgehead atoms. The molecule has 148 valence electrons. The molecule has 4 nitrogen and oxygen atoms in total. The van der Waals surface area contributed by atoms with Gasteiger partial charge in [-0.15, -0.1) is 0 Å². The molecule has 1 unspecified atom stereocenters. The highest BCUT2D eigenvalue weighted by molar-refractivity contribution is 5.79. The van der Waals surface area contributed by atoms with Crippen molar-refractivity contribution in [1.29, 1.82) is 0 Å². The maximum atomic E-state index is 13.4. The molecule has 2 aliphatic heterocycles. The van der Waals surface area contributed by atoms with Crippen molar-refractivity contribution in [3.05, 3.63) is 35.1 Å². The lowest BCUT2D eigenvalue weighted by Crippen LogP contribution is -2.50. The topological polar surface area (TPSA) is 35.6 Å². The van der Waals surface area contributed by atoms with Gasteiger partial charge in [-0.2, -0.15) is 0 Å². The molecule has 2 saturated heterocycles. The molecule has 1 aromatic rings. The van der Waals surface area contributed by atoms with E-state index in [9.17, 15) is 9.18 Å². The molecule has 5 heteroatoms. The van der Waals surface area contributed by atoms with Crippen LogP contribution in [-0.4, -0.2) is 54.0 Å². The fourth-order valence-electron chi connectivity index (χ4n) is 4.60. The van der Waals surface area contributed by atoms with Gasteiger partial charge in [0.2, 0.25) is 5.91 Å². The Morgan fingerprint density at radius 1 is 1.15 bits per heavy atom. The fraction of sp³-hybridized carbons (Fsp3) is 0.682. The van der Waals surface area contributed by atoms with E-state index < -0.39 is 0 Å². The van der Waals surface area contributed by atoms with E-state index in [1.54, 1.807) is 6.07 Å². The van der Waals surface area contributed by atoms with Gasteiger partial charge in [-0.05, 0) is 82.3 Å². The summed E-state index contributed by atoms with van der Waals surface area (Å²) in [4.78, 5) is 17.5. The largest absolute Gasteiger partial charge is 0.353 e. The number of nitrogens with one attached hydrogen (secondary N) is 1. The maximum Gasteiger partial charge on any atom is 0.224 e. The van der Waals surface area contributed by atoms with Crippen molar-refractivity contribution < 1.29 is 9.18 Å². The first-order valence-corrected chi connectivity index (χ1v) is 10.6. The molecule has 0 spiro atoms. The SMILES string of the molecule is Cc1cc(CN2CCC(N3CCCC(C(=O)NC4CC4)C3)CC2)ccc1F. The van der Waals surface area contributed by atoms with Crippen LogP contribution in [0.2, 0.25) is 0 Å². The minimum Gasteiger partial charge on any atom is -0.353 e. The average Bonchev–Trinajstić information content (AvgIpc) is 3.49. The molecule has 3 fully saturated rings. The minimum absolute atomic E-state index is 0.122. The van der Waals surface area contributed by atoms with Crippen LogP contribution in [0.1, 0.15) is 49.7 Å². The summed E-state index contributed by atoms with van der Waals surface area (Å²) in [7, 11) is 0. The number of benzene rings is 1. The van der Waals surface area contributed by atoms with Gasteiger partial charge < -0.3 is 5.32 Å². The van der Waals surface area contributed by atoms with Crippen LogP contribution in [0, 0.1) is 18.7 Å². The predicted octanol–water partition coefficient (Wildman–Crippen LogP) is 3.09. The zero-order valence-electron chi connectivity index (χ0n) is 16.4. The lowest BCUT2D eigenvalue weighted by molar-refractivity contribution is -0.127. The van der Waals surface area contributed by atoms with E-state index in [0.717, 1.165) is 76.8 Å². The van der Waals surface area contributed by atoms with E-state index in [2.05, 4.69) is 15.1 Å². The molecule has 4 rings (SSSR count). The molecule has 27 heavy (non-hydrogen) atoms. The van der Waals surface area contributed by atoms with Gasteiger partial charge in [0, 0.05) is 25.2 Å². The molecule has 2 heterocycles. The highest BCUT2D eigenvalue weighted by atomic mass is 19.1. The first-order valence-electron chi connectivity index (χ1n) is 10.6. The Kier molecular flexibility index (Phi) is 5.79. The monoisotopic (exact) mass is 373 g/mol. The van der Waals surface area contributed by atoms with E-state index >= 15 is 0 Å². The molecular weight excluding hydrogens is 341 g/mol. The Morgan fingerprint density at radius 2 is 1.93 bits per heavy atom. The number of likely N-dealkylation sites (tertiary alicyclic amines) is 2. The molecule has 0 radical (unpaired) electrons. The quantitative estimate of drug-likeness (QED) is 0.862. The van der Waals surface area contributed by atoms with Crippen LogP contribution >= 0.6 is 0 Å². The van der Waals surface area contributed by atoms with Gasteiger partial charge in [-0.25, -0.2) is 4.39 Å². The first-order chi connectivity index (χ1) is 13.1. The van der Waals surface area contributed by atoms with Gasteiger partial charge in [0.15, 0.2) is 0 Å². The smallest absolute Gasteiger partial charge is 0.224 e. The standard InChI is InChI=1S/C22H32FN3O/c1-16-13-17(4-7-21(16)23)14-25-11-8-20(9-12-25)26-10-2-3-18(15-26)22(27)24-19-5-6-19/h4,7,13,18-20H,2-3,5-6,8-12,14-15H2,1H3,(H,24,27). The Bertz CT molecular complexity index is 668. The van der Waals surface area contributed by atoms with Crippen molar-refractivity contribution in [2.45, 2.75) is 64.1 Å². The second-order valence-electron chi connectivity index (χ2n) is 8.71. The highest BCUT2D eigenvalue weighted by Crippen LogP contribution is 2.26. The van der Waals surface area contributed by atoms with Crippen molar-refractivity contribution in [1.82, 2.24) is 15.1 Å². The summed E-state index contributed by atoms with van der Waals surface area (Å²) in [6.45, 7) is 6.96. The van der Waals surface area contributed by atoms with E-state index in [1.807, 2.05) is 19.1 Å². The number of halogens is 1. The van der Waals surface area contributed by atoms with Gasteiger partial charge >= 0.3 is 0 Å². The number of rotatable bonds is 5. The Morgan fingerprint density at radius 3 is 2.63 bits per heavy atom. The lowest BCUT2D eigenvalue weighted by atomic mass is 9.93. The van der Waals surface area contributed by atoms with Gasteiger partial charge in [-0.1, -0.05) is 12.1 Å². The van der Waals surface area contributed by atoms with Gasteiger partial charge in [0.05, 0.1) is 5.92 Å². The maximum absolute atomic E-state index is 13.4. The van der Waals surface area contributed by atoms with E-state index in [-0.39, 0.29) is 17.6 Å². The van der Waals surface area contributed by atoms with Crippen molar-refractivity contribution in [2.24, 2.45) is 5.92 Å². The number of aryl methyl sites for hydroxylation is 1. The number of piperidine rings is 2. The normalized spacial score (nSPS) is 25.5. The average molecular weight is 374 g/mol. The van der Waals surface area contributed by atoms with Crippen LogP contribution < -0.4 is 5.32 Å². The second-order valence-corrected chi connectivity index (χ2v) is 8.71. The summed E-state index contributed by atoms with van der Waals surface area (Å²) in [5, 5.41) is 3.19. The third-order valence-corrected chi connectivity index (χ3v) is 6.45. The zero-order chi connectivity index (χ0) is 18.8. The molecule has 1 aliphatic carbocycles. The van der Waals surface area contributed by atoms with Crippen LogP contribution in [0.5, 0.6) is 0 Å². The van der Waals surface area contributed by atoms with Crippen LogP contribution in [0.25, 0.3) is 0 Å². The van der Waals surface area contributed by atoms with Gasteiger partial charge in [-0.3, -0.25) is 14.6 Å². The van der Waals surface area contributed by atoms with E-state index in [1.165, 1.54) is 5.56 Å². The van der Waals surface area contributed by atoms with E-state index in [4.69, 9.17) is 0 Å². The Labute approximate surface area is 162 Å². The zero-order valence-corrected chi connectivity index (χ0v) is 16.4. The summed E-state index contributed by atoms with van der Waals surface area (Å²) in [5.41, 5.74) is 1.92. The Hall–Kier alpha value is -1.46. The van der Waals surface area contributed by atoms with E-state index in [0.29, 0.717) is 12.1 Å².